The maximum absolute atomic E-state index is 13.5. The summed E-state index contributed by atoms with van der Waals surface area (Å²) >= 11 is 0. The smallest absolute Gasteiger partial charge is 0.300 e. The molecular formula is C32H36N2O4. The summed E-state index contributed by atoms with van der Waals surface area (Å²) in [5.74, 6) is -0.910. The largest absolute Gasteiger partial charge is 0.507 e. The number of Topliss-reactive ketones (excluding diaryl/α,β-unsaturated/α-hetero) is 1. The first-order chi connectivity index (χ1) is 18.2. The van der Waals surface area contributed by atoms with E-state index in [4.69, 9.17) is 4.74 Å². The minimum Gasteiger partial charge on any atom is -0.507 e. The summed E-state index contributed by atoms with van der Waals surface area (Å²) in [6.07, 6.45) is 0.0112. The first kappa shape index (κ1) is 27.0. The number of hydrogen-bond donors (Lipinski definition) is 1. The molecule has 1 atom stereocenters. The van der Waals surface area contributed by atoms with Gasteiger partial charge in [0, 0.05) is 30.0 Å². The maximum Gasteiger partial charge on any atom is 0.300 e. The van der Waals surface area contributed by atoms with Crippen molar-refractivity contribution in [2.75, 3.05) is 22.9 Å². The fraction of sp³-hybridized carbons (Fsp3) is 0.312. The molecule has 1 N–H and O–H groups in total. The standard InChI is InChI=1S/C32H36N2O4/c1-7-33(8-2)25-15-10-23(11-16-25)29-28(30(35)24-12-17-27(18-13-24)38-20(3)4)31(36)32(37)34(29)26-14-9-21(5)22(6)19-26/h9-20,29,35H,7-8H2,1-6H3/b30-28+. The van der Waals surface area contributed by atoms with Crippen molar-refractivity contribution in [1.29, 1.82) is 0 Å². The normalized spacial score (nSPS) is 16.8. The molecule has 3 aromatic carbocycles. The molecule has 4 rings (SSSR count). The van der Waals surface area contributed by atoms with Gasteiger partial charge < -0.3 is 14.7 Å². The van der Waals surface area contributed by atoms with Crippen molar-refractivity contribution in [2.24, 2.45) is 0 Å². The summed E-state index contributed by atoms with van der Waals surface area (Å²) in [4.78, 5) is 30.7. The molecule has 1 amide bonds. The summed E-state index contributed by atoms with van der Waals surface area (Å²) in [5.41, 5.74) is 5.05. The first-order valence-electron chi connectivity index (χ1n) is 13.2. The number of carbonyl (C=O) groups excluding carboxylic acids is 2. The molecular weight excluding hydrogens is 476 g/mol. The number of rotatable bonds is 8. The van der Waals surface area contributed by atoms with E-state index in [1.54, 1.807) is 24.3 Å². The van der Waals surface area contributed by atoms with Crippen LogP contribution < -0.4 is 14.5 Å². The van der Waals surface area contributed by atoms with Crippen LogP contribution in [0.2, 0.25) is 0 Å². The average molecular weight is 513 g/mol. The van der Waals surface area contributed by atoms with Crippen LogP contribution in [0.1, 0.15) is 56.0 Å². The molecule has 6 heteroatoms. The Kier molecular flexibility index (Phi) is 7.91. The highest BCUT2D eigenvalue weighted by atomic mass is 16.5. The Morgan fingerprint density at radius 3 is 2.11 bits per heavy atom. The van der Waals surface area contributed by atoms with E-state index < -0.39 is 17.7 Å². The number of nitrogens with zero attached hydrogens (tertiary/aromatic N) is 2. The summed E-state index contributed by atoms with van der Waals surface area (Å²) in [6.45, 7) is 13.8. The Hall–Kier alpha value is -4.06. The lowest BCUT2D eigenvalue weighted by molar-refractivity contribution is -0.132. The first-order valence-corrected chi connectivity index (χ1v) is 13.2. The van der Waals surface area contributed by atoms with E-state index in [0.29, 0.717) is 17.0 Å². The van der Waals surface area contributed by atoms with Crippen molar-refractivity contribution in [3.8, 4) is 5.75 Å². The number of ether oxygens (including phenoxy) is 1. The number of hydrogen-bond acceptors (Lipinski definition) is 5. The fourth-order valence-electron chi connectivity index (χ4n) is 4.86. The summed E-state index contributed by atoms with van der Waals surface area (Å²) in [6, 6.07) is 19.7. The van der Waals surface area contributed by atoms with Crippen molar-refractivity contribution < 1.29 is 19.4 Å². The molecule has 0 spiro atoms. The molecule has 1 aliphatic heterocycles. The highest BCUT2D eigenvalue weighted by Gasteiger charge is 2.47. The molecule has 0 aromatic heterocycles. The molecule has 1 saturated heterocycles. The SMILES string of the molecule is CCN(CC)c1ccc(C2/C(=C(\O)c3ccc(OC(C)C)cc3)C(=O)C(=O)N2c2ccc(C)c(C)c2)cc1. The average Bonchev–Trinajstić information content (AvgIpc) is 3.16. The molecule has 0 radical (unpaired) electrons. The van der Waals surface area contributed by atoms with Crippen LogP contribution in [0.5, 0.6) is 5.75 Å². The Labute approximate surface area is 225 Å². The highest BCUT2D eigenvalue weighted by Crippen LogP contribution is 2.43. The number of benzene rings is 3. The predicted molar refractivity (Wildman–Crippen MR) is 153 cm³/mol. The molecule has 6 nitrogen and oxygen atoms in total. The van der Waals surface area contributed by atoms with Gasteiger partial charge in [0.1, 0.15) is 11.5 Å². The van der Waals surface area contributed by atoms with Gasteiger partial charge in [-0.25, -0.2) is 0 Å². The van der Waals surface area contributed by atoms with Crippen molar-refractivity contribution in [3.63, 3.8) is 0 Å². The van der Waals surface area contributed by atoms with Gasteiger partial charge in [-0.3, -0.25) is 14.5 Å². The molecule has 1 unspecified atom stereocenters. The van der Waals surface area contributed by atoms with Crippen LogP contribution in [0, 0.1) is 13.8 Å². The molecule has 0 aliphatic carbocycles. The zero-order chi connectivity index (χ0) is 27.6. The van der Waals surface area contributed by atoms with Crippen molar-refractivity contribution in [2.45, 2.75) is 53.7 Å². The van der Waals surface area contributed by atoms with Crippen molar-refractivity contribution in [1.82, 2.24) is 0 Å². The summed E-state index contributed by atoms with van der Waals surface area (Å²) in [7, 11) is 0. The zero-order valence-electron chi connectivity index (χ0n) is 23.0. The van der Waals surface area contributed by atoms with Crippen LogP contribution in [0.25, 0.3) is 5.76 Å². The van der Waals surface area contributed by atoms with Gasteiger partial charge in [-0.15, -0.1) is 0 Å². The van der Waals surface area contributed by atoms with E-state index >= 15 is 0 Å². The van der Waals surface area contributed by atoms with Gasteiger partial charge in [-0.05, 0) is 107 Å². The topological polar surface area (TPSA) is 70.1 Å². The molecule has 3 aromatic rings. The number of anilines is 2. The van der Waals surface area contributed by atoms with E-state index in [1.165, 1.54) is 4.90 Å². The quantitative estimate of drug-likeness (QED) is 0.210. The van der Waals surface area contributed by atoms with Gasteiger partial charge in [-0.2, -0.15) is 0 Å². The number of ketones is 1. The minimum atomic E-state index is -0.769. The highest BCUT2D eigenvalue weighted by molar-refractivity contribution is 6.51. The third-order valence-electron chi connectivity index (χ3n) is 7.05. The van der Waals surface area contributed by atoms with Crippen molar-refractivity contribution >= 4 is 28.8 Å². The number of aryl methyl sites for hydroxylation is 2. The second-order valence-electron chi connectivity index (χ2n) is 9.89. The molecule has 1 aliphatic rings. The number of aliphatic hydroxyl groups is 1. The number of carbonyl (C=O) groups is 2. The van der Waals surface area contributed by atoms with Gasteiger partial charge in [-0.1, -0.05) is 18.2 Å². The van der Waals surface area contributed by atoms with E-state index in [1.807, 2.05) is 70.2 Å². The second kappa shape index (κ2) is 11.1. The van der Waals surface area contributed by atoms with Crippen LogP contribution >= 0.6 is 0 Å². The molecule has 1 fully saturated rings. The molecule has 0 bridgehead atoms. The van der Waals surface area contributed by atoms with E-state index in [9.17, 15) is 14.7 Å². The van der Waals surface area contributed by atoms with Gasteiger partial charge in [0.2, 0.25) is 0 Å². The molecule has 38 heavy (non-hydrogen) atoms. The molecule has 198 valence electrons. The number of aliphatic hydroxyl groups excluding tert-OH is 1. The van der Waals surface area contributed by atoms with Gasteiger partial charge in [0.25, 0.3) is 11.7 Å². The van der Waals surface area contributed by atoms with Crippen molar-refractivity contribution in [3.05, 3.63) is 94.6 Å². The summed E-state index contributed by atoms with van der Waals surface area (Å²) < 4.78 is 5.72. The van der Waals surface area contributed by atoms with Crippen LogP contribution in [-0.4, -0.2) is 36.0 Å². The van der Waals surface area contributed by atoms with Gasteiger partial charge in [0.15, 0.2) is 0 Å². The Morgan fingerprint density at radius 2 is 1.55 bits per heavy atom. The van der Waals surface area contributed by atoms with E-state index in [0.717, 1.165) is 35.5 Å². The molecule has 0 saturated carbocycles. The Bertz CT molecular complexity index is 1350. The van der Waals surface area contributed by atoms with Crippen LogP contribution in [-0.2, 0) is 9.59 Å². The minimum absolute atomic E-state index is 0.0112. The summed E-state index contributed by atoms with van der Waals surface area (Å²) in [5, 5.41) is 11.4. The van der Waals surface area contributed by atoms with Crippen LogP contribution in [0.15, 0.2) is 72.3 Å². The van der Waals surface area contributed by atoms with E-state index in [2.05, 4.69) is 18.7 Å². The van der Waals surface area contributed by atoms with E-state index in [-0.39, 0.29) is 17.4 Å². The lowest BCUT2D eigenvalue weighted by Gasteiger charge is -2.27. The third kappa shape index (κ3) is 5.17. The Morgan fingerprint density at radius 1 is 0.921 bits per heavy atom. The number of amides is 1. The predicted octanol–water partition coefficient (Wildman–Crippen LogP) is 6.56. The lowest BCUT2D eigenvalue weighted by atomic mass is 9.94. The monoisotopic (exact) mass is 512 g/mol. The zero-order valence-corrected chi connectivity index (χ0v) is 23.0. The Balaban J connectivity index is 1.86. The van der Waals surface area contributed by atoms with Gasteiger partial charge in [0.05, 0.1) is 17.7 Å². The van der Waals surface area contributed by atoms with Crippen LogP contribution in [0.3, 0.4) is 0 Å². The fourth-order valence-corrected chi connectivity index (χ4v) is 4.86. The third-order valence-corrected chi connectivity index (χ3v) is 7.05. The lowest BCUT2D eigenvalue weighted by Crippen LogP contribution is -2.29. The molecule has 1 heterocycles. The second-order valence-corrected chi connectivity index (χ2v) is 9.89. The van der Waals surface area contributed by atoms with Gasteiger partial charge >= 0.3 is 0 Å². The van der Waals surface area contributed by atoms with Crippen LogP contribution in [0.4, 0.5) is 11.4 Å². The maximum atomic E-state index is 13.5.